The minimum atomic E-state index is -3.10. The second-order valence-electron chi connectivity index (χ2n) is 1.41. The van der Waals surface area contributed by atoms with E-state index in [1.54, 1.807) is 0 Å². The van der Waals surface area contributed by atoms with Crippen molar-refractivity contribution in [1.29, 1.82) is 0 Å². The Kier molecular flexibility index (Phi) is 0.384. The molecule has 1 rings (SSSR count). The molecular formula is C8H11N. The lowest BCUT2D eigenvalue weighted by molar-refractivity contribution is 1.14. The normalized spacial score (nSPS) is 26.9. The molecular weight excluding hydrogens is 110 g/mol. The zero-order valence-electron chi connectivity index (χ0n) is 13.6. The Morgan fingerprint density at radius 1 is 1.67 bits per heavy atom. The van der Waals surface area contributed by atoms with E-state index >= 15 is 0 Å². The smallest absolute Gasteiger partial charge is 0.0645 e. The first-order chi connectivity index (χ1) is 7.93. The van der Waals surface area contributed by atoms with Gasteiger partial charge in [-0.3, -0.25) is 0 Å². The molecule has 0 amide bonds. The van der Waals surface area contributed by atoms with Crippen molar-refractivity contribution >= 4 is 5.69 Å². The van der Waals surface area contributed by atoms with E-state index in [1.165, 1.54) is 0 Å². The average molecular weight is 130 g/mol. The SMILES string of the molecule is [2H]c1c([2H])c(C([2H])([2H])C([2H])([2H])[2H])c([2H])c([2H])c1N. The van der Waals surface area contributed by atoms with Gasteiger partial charge in [0.25, 0.3) is 0 Å². The van der Waals surface area contributed by atoms with E-state index in [0.29, 0.717) is 0 Å². The summed E-state index contributed by atoms with van der Waals surface area (Å²) in [4.78, 5) is 0. The molecule has 1 aromatic rings. The first-order valence-corrected chi connectivity index (χ1v) is 2.29. The van der Waals surface area contributed by atoms with Gasteiger partial charge in [0.2, 0.25) is 0 Å². The van der Waals surface area contributed by atoms with E-state index in [-0.39, 0.29) is 0 Å². The van der Waals surface area contributed by atoms with Crippen LogP contribution in [0.15, 0.2) is 24.2 Å². The molecule has 2 N–H and O–H groups in total. The zero-order valence-corrected chi connectivity index (χ0v) is 4.58. The number of rotatable bonds is 1. The summed E-state index contributed by atoms with van der Waals surface area (Å²) in [6.45, 7) is -3.10. The Morgan fingerprint density at radius 2 is 2.33 bits per heavy atom. The van der Waals surface area contributed by atoms with Crippen LogP contribution in [0.25, 0.3) is 0 Å². The largest absolute Gasteiger partial charge is 0.399 e. The summed E-state index contributed by atoms with van der Waals surface area (Å²) in [5.74, 6) is 0. The van der Waals surface area contributed by atoms with Crippen molar-refractivity contribution in [3.05, 3.63) is 29.7 Å². The number of anilines is 1. The molecule has 0 aliphatic carbocycles. The summed E-state index contributed by atoms with van der Waals surface area (Å²) in [5, 5.41) is 0. The van der Waals surface area contributed by atoms with Crippen molar-refractivity contribution in [2.24, 2.45) is 0 Å². The van der Waals surface area contributed by atoms with Crippen LogP contribution in [0.2, 0.25) is 0 Å². The topological polar surface area (TPSA) is 26.0 Å². The monoisotopic (exact) mass is 130 g/mol. The first kappa shape index (κ1) is 1.36. The molecule has 0 saturated carbocycles. The molecule has 0 atom stereocenters. The van der Waals surface area contributed by atoms with Gasteiger partial charge in [0.1, 0.15) is 0 Å². The fraction of sp³-hybridized carbons (Fsp3) is 0.250. The molecule has 0 aromatic heterocycles. The number of nitrogens with two attached hydrogens (primary N) is 1. The number of benzene rings is 1. The van der Waals surface area contributed by atoms with E-state index in [2.05, 4.69) is 0 Å². The number of nitrogen functional groups attached to an aromatic ring is 1. The second kappa shape index (κ2) is 2.53. The maximum Gasteiger partial charge on any atom is 0.0645 e. The van der Waals surface area contributed by atoms with Crippen LogP contribution < -0.4 is 5.73 Å². The van der Waals surface area contributed by atoms with Gasteiger partial charge in [-0.1, -0.05) is 18.9 Å². The summed E-state index contributed by atoms with van der Waals surface area (Å²) in [5.41, 5.74) is 4.09. The lowest BCUT2D eigenvalue weighted by Crippen LogP contribution is -1.84. The standard InChI is InChI=1S/C8H11N/c1-2-7-3-5-8(9)6-4-7/h3-6H,2,9H2,1H3/i1D3,2D2,3D,4D,5D,6D. The fourth-order valence-corrected chi connectivity index (χ4v) is 0.385. The van der Waals surface area contributed by atoms with Crippen LogP contribution in [0.3, 0.4) is 0 Å². The summed E-state index contributed by atoms with van der Waals surface area (Å²) in [6, 6.07) is -2.82. The highest BCUT2D eigenvalue weighted by molar-refractivity contribution is 5.39. The third kappa shape index (κ3) is 1.46. The molecule has 48 valence electrons. The van der Waals surface area contributed by atoms with Gasteiger partial charge in [-0.05, 0) is 24.0 Å². The Morgan fingerprint density at radius 3 is 2.89 bits per heavy atom. The third-order valence-corrected chi connectivity index (χ3v) is 0.769. The summed E-state index contributed by atoms with van der Waals surface area (Å²) in [7, 11) is 0. The molecule has 0 fully saturated rings. The van der Waals surface area contributed by atoms with E-state index in [9.17, 15) is 0 Å². The molecule has 1 aromatic carbocycles. The third-order valence-electron chi connectivity index (χ3n) is 0.769. The van der Waals surface area contributed by atoms with Crippen molar-refractivity contribution in [3.8, 4) is 0 Å². The van der Waals surface area contributed by atoms with E-state index in [4.69, 9.17) is 18.1 Å². The highest BCUT2D eigenvalue weighted by Crippen LogP contribution is 2.04. The predicted molar refractivity (Wildman–Crippen MR) is 40.2 cm³/mol. The second-order valence-corrected chi connectivity index (χ2v) is 1.41. The minimum absolute atomic E-state index is 0.435. The molecule has 0 radical (unpaired) electrons. The van der Waals surface area contributed by atoms with Gasteiger partial charge in [-0.15, -0.1) is 0 Å². The number of hydrogen-bond acceptors (Lipinski definition) is 1. The maximum absolute atomic E-state index is 7.55. The highest BCUT2D eigenvalue weighted by atomic mass is 14.5. The quantitative estimate of drug-likeness (QED) is 0.577. The molecule has 1 nitrogen and oxygen atoms in total. The first-order valence-electron chi connectivity index (χ1n) is 6.79. The number of hydrogen-bond donors (Lipinski definition) is 1. The van der Waals surface area contributed by atoms with Gasteiger partial charge in [0.15, 0.2) is 0 Å². The Balaban J connectivity index is 3.72. The van der Waals surface area contributed by atoms with Crippen LogP contribution >= 0.6 is 0 Å². The predicted octanol–water partition coefficient (Wildman–Crippen LogP) is 1.83. The van der Waals surface area contributed by atoms with Crippen LogP contribution in [0.1, 0.15) is 24.8 Å². The lowest BCUT2D eigenvalue weighted by atomic mass is 10.2. The summed E-state index contributed by atoms with van der Waals surface area (Å²) >= 11 is 0. The fourth-order valence-electron chi connectivity index (χ4n) is 0.385. The molecule has 0 heterocycles. The van der Waals surface area contributed by atoms with Gasteiger partial charge < -0.3 is 5.73 Å². The average Bonchev–Trinajstić information content (AvgIpc) is 2.22. The van der Waals surface area contributed by atoms with Crippen LogP contribution in [0, 0.1) is 0 Å². The Labute approximate surface area is 68.1 Å². The van der Waals surface area contributed by atoms with Gasteiger partial charge in [-0.2, -0.15) is 0 Å². The van der Waals surface area contributed by atoms with Gasteiger partial charge >= 0.3 is 0 Å². The van der Waals surface area contributed by atoms with Crippen LogP contribution in [0.5, 0.6) is 0 Å². The van der Waals surface area contributed by atoms with Crippen LogP contribution in [-0.2, 0) is 6.37 Å². The van der Waals surface area contributed by atoms with Crippen molar-refractivity contribution in [3.63, 3.8) is 0 Å². The summed E-state index contributed by atoms with van der Waals surface area (Å²) in [6.07, 6.45) is -2.99. The van der Waals surface area contributed by atoms with Gasteiger partial charge in [0, 0.05) is 12.5 Å². The molecule has 0 aliphatic rings. The van der Waals surface area contributed by atoms with Gasteiger partial charge in [-0.25, -0.2) is 0 Å². The van der Waals surface area contributed by atoms with Crippen LogP contribution in [-0.4, -0.2) is 0 Å². The van der Waals surface area contributed by atoms with Crippen molar-refractivity contribution in [2.45, 2.75) is 13.2 Å². The molecule has 9 heavy (non-hydrogen) atoms. The minimum Gasteiger partial charge on any atom is -0.399 e. The lowest BCUT2D eigenvalue weighted by Gasteiger charge is -1.94. The van der Waals surface area contributed by atoms with E-state index < -0.39 is 48.6 Å². The molecule has 0 spiro atoms. The zero-order chi connectivity index (χ0) is 14.5. The maximum atomic E-state index is 7.55. The molecule has 0 aliphatic heterocycles. The van der Waals surface area contributed by atoms with Crippen molar-refractivity contribution < 1.29 is 12.3 Å². The molecule has 0 unspecified atom stereocenters. The molecule has 1 heteroatoms. The Bertz CT molecular complexity index is 461. The van der Waals surface area contributed by atoms with Crippen LogP contribution in [0.4, 0.5) is 5.69 Å². The van der Waals surface area contributed by atoms with Gasteiger partial charge in [0.05, 0.1) is 5.48 Å². The van der Waals surface area contributed by atoms with E-state index in [0.717, 1.165) is 0 Å². The van der Waals surface area contributed by atoms with Crippen molar-refractivity contribution in [2.75, 3.05) is 5.73 Å². The van der Waals surface area contributed by atoms with E-state index in [1.807, 2.05) is 0 Å². The molecule has 0 saturated heterocycles. The van der Waals surface area contributed by atoms with Crippen molar-refractivity contribution in [1.82, 2.24) is 0 Å². The summed E-state index contributed by atoms with van der Waals surface area (Å²) < 4.78 is 66.3. The Hall–Kier alpha value is -0.980. The molecule has 0 bridgehead atoms. The highest BCUT2D eigenvalue weighted by Gasteiger charge is 1.85.